The second-order valence-electron chi connectivity index (χ2n) is 25.0. The lowest BCUT2D eigenvalue weighted by molar-refractivity contribution is -0.164. The molecule has 3 aromatic carbocycles. The van der Waals surface area contributed by atoms with Crippen LogP contribution in [0.25, 0.3) is 0 Å². The third-order valence-corrected chi connectivity index (χ3v) is 12.2. The maximum Gasteiger partial charge on any atom is 0.233 e. The molecular formula is C54H81N3O6. The molecule has 0 saturated carbocycles. The molecule has 1 aliphatic rings. The van der Waals surface area contributed by atoms with Gasteiger partial charge in [-0.15, -0.1) is 0 Å². The highest BCUT2D eigenvalue weighted by Gasteiger charge is 2.59. The quantitative estimate of drug-likeness (QED) is 0.120. The Labute approximate surface area is 379 Å². The van der Waals surface area contributed by atoms with Crippen LogP contribution in [0.5, 0.6) is 17.2 Å². The zero-order valence-corrected chi connectivity index (χ0v) is 42.0. The Morgan fingerprint density at radius 3 is 1.13 bits per heavy atom. The smallest absolute Gasteiger partial charge is 0.233 e. The molecule has 1 saturated heterocycles. The number of rotatable bonds is 11. The van der Waals surface area contributed by atoms with E-state index in [0.717, 1.165) is 0 Å². The normalized spacial score (nSPS) is 18.5. The molecule has 1 amide bonds. The van der Waals surface area contributed by atoms with Gasteiger partial charge in [-0.3, -0.25) is 29.9 Å². The van der Waals surface area contributed by atoms with E-state index in [0.29, 0.717) is 52.6 Å². The minimum Gasteiger partial charge on any atom is -0.508 e. The second-order valence-corrected chi connectivity index (χ2v) is 25.0. The molecule has 1 fully saturated rings. The van der Waals surface area contributed by atoms with Gasteiger partial charge in [0.2, 0.25) is 11.6 Å². The molecule has 3 unspecified atom stereocenters. The van der Waals surface area contributed by atoms with Gasteiger partial charge < -0.3 is 15.3 Å². The number of carbonyl (C=O) groups excluding carboxylic acids is 3. The number of phenolic OH excluding ortho intramolecular Hbond substituents is 3. The zero-order valence-electron chi connectivity index (χ0n) is 42.0. The number of benzene rings is 3. The number of aromatic hydroxyl groups is 3. The van der Waals surface area contributed by atoms with Crippen LogP contribution >= 0.6 is 0 Å². The van der Waals surface area contributed by atoms with Gasteiger partial charge >= 0.3 is 0 Å². The number of ketones is 2. The average molecular weight is 868 g/mol. The number of carbonyl (C=O) groups is 3. The van der Waals surface area contributed by atoms with Crippen LogP contribution in [0.2, 0.25) is 0 Å². The first kappa shape index (κ1) is 51.4. The van der Waals surface area contributed by atoms with E-state index >= 15 is 14.4 Å². The third-order valence-electron chi connectivity index (χ3n) is 12.2. The summed E-state index contributed by atoms with van der Waals surface area (Å²) in [7, 11) is 0. The molecule has 9 nitrogen and oxygen atoms in total. The number of hydrogen-bond acceptors (Lipinski definition) is 8. The van der Waals surface area contributed by atoms with Crippen LogP contribution < -0.4 is 10.6 Å². The number of amides is 1. The summed E-state index contributed by atoms with van der Waals surface area (Å²) in [5, 5.41) is 40.1. The van der Waals surface area contributed by atoms with E-state index in [9.17, 15) is 15.3 Å². The van der Waals surface area contributed by atoms with Crippen molar-refractivity contribution in [2.24, 2.45) is 16.2 Å². The van der Waals surface area contributed by atoms with Crippen molar-refractivity contribution in [3.05, 3.63) is 88.0 Å². The van der Waals surface area contributed by atoms with Crippen LogP contribution in [0.15, 0.2) is 54.6 Å². The van der Waals surface area contributed by atoms with E-state index in [2.05, 4.69) is 72.9 Å². The molecule has 63 heavy (non-hydrogen) atoms. The van der Waals surface area contributed by atoms with Gasteiger partial charge in [-0.05, 0) is 103 Å². The largest absolute Gasteiger partial charge is 0.508 e. The molecule has 1 heterocycles. The van der Waals surface area contributed by atoms with E-state index in [4.69, 9.17) is 0 Å². The zero-order chi connectivity index (χ0) is 48.1. The Morgan fingerprint density at radius 2 is 0.825 bits per heavy atom. The highest BCUT2D eigenvalue weighted by atomic mass is 16.3. The summed E-state index contributed by atoms with van der Waals surface area (Å²) >= 11 is 0. The molecule has 348 valence electrons. The molecule has 0 bridgehead atoms. The molecule has 0 aromatic heterocycles. The van der Waals surface area contributed by atoms with E-state index in [-0.39, 0.29) is 41.9 Å². The van der Waals surface area contributed by atoms with Crippen LogP contribution in [-0.2, 0) is 30.6 Å². The van der Waals surface area contributed by atoms with Crippen molar-refractivity contribution in [1.82, 2.24) is 15.5 Å². The standard InChI is InChI=1S/C54H81N3O6/c1-48(2,3)28-36(33-19-22-42(58)39(25-33)51(10,11)12)45(61)54(46(62)37(29-49(4,5)6)34-20-23-43(59)40(26-34)52(13,14)15)56-31-55-32-57(54)47(63)38(30-50(7,8)9)35-21-24-44(60)41(27-35)53(16,17)18/h19-27,36-38,55-56,58-60H,28-32H2,1-18H3. The summed E-state index contributed by atoms with van der Waals surface area (Å²) in [4.78, 5) is 50.5. The molecule has 0 aliphatic carbocycles. The van der Waals surface area contributed by atoms with Gasteiger partial charge in [0.1, 0.15) is 17.2 Å². The number of nitrogens with one attached hydrogen (secondary N) is 2. The highest BCUT2D eigenvalue weighted by Crippen LogP contribution is 2.46. The van der Waals surface area contributed by atoms with Crippen molar-refractivity contribution in [3.8, 4) is 17.2 Å². The molecule has 1 aliphatic heterocycles. The van der Waals surface area contributed by atoms with Crippen LogP contribution in [-0.4, -0.2) is 56.7 Å². The lowest BCUT2D eigenvalue weighted by Gasteiger charge is -2.50. The first-order chi connectivity index (χ1) is 28.5. The lowest BCUT2D eigenvalue weighted by atomic mass is 9.69. The van der Waals surface area contributed by atoms with Gasteiger partial charge in [0, 0.05) is 18.5 Å². The fourth-order valence-corrected chi connectivity index (χ4v) is 9.09. The fourth-order valence-electron chi connectivity index (χ4n) is 9.09. The molecule has 4 rings (SSSR count). The van der Waals surface area contributed by atoms with Gasteiger partial charge in [0.15, 0.2) is 11.6 Å². The van der Waals surface area contributed by atoms with Crippen molar-refractivity contribution in [2.45, 2.75) is 184 Å². The maximum absolute atomic E-state index is 16.5. The monoisotopic (exact) mass is 868 g/mol. The van der Waals surface area contributed by atoms with Crippen molar-refractivity contribution >= 4 is 17.5 Å². The van der Waals surface area contributed by atoms with Crippen molar-refractivity contribution < 1.29 is 29.7 Å². The summed E-state index contributed by atoms with van der Waals surface area (Å²) < 4.78 is 0. The maximum atomic E-state index is 16.5. The number of Topliss-reactive ketones (excluding diaryl/α,β-unsaturated/α-hetero) is 2. The Morgan fingerprint density at radius 1 is 0.524 bits per heavy atom. The van der Waals surface area contributed by atoms with Crippen LogP contribution in [0.3, 0.4) is 0 Å². The average Bonchev–Trinajstić information content (AvgIpc) is 3.12. The predicted octanol–water partition coefficient (Wildman–Crippen LogP) is 11.4. The summed E-state index contributed by atoms with van der Waals surface area (Å²) in [6.07, 6.45) is 1.09. The Balaban J connectivity index is 2.16. The van der Waals surface area contributed by atoms with Gasteiger partial charge in [0.25, 0.3) is 0 Å². The Bertz CT molecular complexity index is 2050. The van der Waals surface area contributed by atoms with Crippen LogP contribution in [0, 0.1) is 16.2 Å². The number of nitrogens with zero attached hydrogens (tertiary/aromatic N) is 1. The summed E-state index contributed by atoms with van der Waals surface area (Å²) in [6.45, 7) is 36.7. The van der Waals surface area contributed by atoms with Crippen LogP contribution in [0.1, 0.15) is 195 Å². The van der Waals surface area contributed by atoms with Crippen molar-refractivity contribution in [1.29, 1.82) is 0 Å². The minimum atomic E-state index is -2.16. The summed E-state index contributed by atoms with van der Waals surface area (Å²) in [5.74, 6) is -3.43. The highest BCUT2D eigenvalue weighted by molar-refractivity contribution is 6.17. The van der Waals surface area contributed by atoms with Crippen molar-refractivity contribution in [2.75, 3.05) is 13.3 Å². The molecule has 9 heteroatoms. The molecule has 0 spiro atoms. The van der Waals surface area contributed by atoms with E-state index in [1.165, 1.54) is 4.90 Å². The summed E-state index contributed by atoms with van der Waals surface area (Å²) in [6, 6.07) is 15.9. The molecule has 5 N–H and O–H groups in total. The van der Waals surface area contributed by atoms with Crippen molar-refractivity contribution in [3.63, 3.8) is 0 Å². The third kappa shape index (κ3) is 12.1. The molecule has 3 atom stereocenters. The van der Waals surface area contributed by atoms with Gasteiger partial charge in [0.05, 0.1) is 12.6 Å². The van der Waals surface area contributed by atoms with E-state index < -0.39 is 62.1 Å². The first-order valence-electron chi connectivity index (χ1n) is 22.8. The van der Waals surface area contributed by atoms with Gasteiger partial charge in [-0.1, -0.05) is 161 Å². The van der Waals surface area contributed by atoms with E-state index in [1.807, 2.05) is 80.5 Å². The van der Waals surface area contributed by atoms with Gasteiger partial charge in [-0.25, -0.2) is 0 Å². The molecule has 0 radical (unpaired) electrons. The molecule has 3 aromatic rings. The lowest BCUT2D eigenvalue weighted by Crippen LogP contribution is -2.77. The Hall–Kier alpha value is -4.21. The molecular weight excluding hydrogens is 787 g/mol. The Kier molecular flexibility index (Phi) is 14.7. The fraction of sp³-hybridized carbons (Fsp3) is 0.611. The number of hydrogen-bond donors (Lipinski definition) is 5. The second kappa shape index (κ2) is 18.0. The first-order valence-corrected chi connectivity index (χ1v) is 22.8. The SMILES string of the molecule is CC(C)(C)CC(C(=O)N1CNCNC1(C(=O)C(CC(C)(C)C)c1ccc(O)c(C(C)(C)C)c1)C(=O)C(CC(C)(C)C)c1ccc(O)c(C(C)(C)C)c1)c1ccc(O)c(C(C)(C)C)c1. The predicted molar refractivity (Wildman–Crippen MR) is 256 cm³/mol. The minimum absolute atomic E-state index is 0.0781. The van der Waals surface area contributed by atoms with Gasteiger partial charge in [-0.2, -0.15) is 0 Å². The number of phenols is 3. The van der Waals surface area contributed by atoms with E-state index in [1.54, 1.807) is 36.4 Å². The summed E-state index contributed by atoms with van der Waals surface area (Å²) in [5.41, 5.74) is -0.639. The van der Waals surface area contributed by atoms with Crippen LogP contribution in [0.4, 0.5) is 0 Å². The topological polar surface area (TPSA) is 139 Å².